The van der Waals surface area contributed by atoms with Crippen molar-refractivity contribution in [3.8, 4) is 0 Å². The molecular weight excluding hydrogens is 290 g/mol. The summed E-state index contributed by atoms with van der Waals surface area (Å²) in [7, 11) is 0. The van der Waals surface area contributed by atoms with Gasteiger partial charge in [0.25, 0.3) is 0 Å². The van der Waals surface area contributed by atoms with Crippen LogP contribution in [0.2, 0.25) is 0 Å². The van der Waals surface area contributed by atoms with Crippen LogP contribution < -0.4 is 5.69 Å². The summed E-state index contributed by atoms with van der Waals surface area (Å²) < 4.78 is 1.35. The number of amides is 1. The van der Waals surface area contributed by atoms with E-state index in [4.69, 9.17) is 0 Å². The van der Waals surface area contributed by atoms with Gasteiger partial charge in [0, 0.05) is 31.4 Å². The molecule has 3 rings (SSSR count). The van der Waals surface area contributed by atoms with Gasteiger partial charge in [-0.25, -0.2) is 9.78 Å². The molecule has 0 unspecified atom stereocenters. The van der Waals surface area contributed by atoms with Crippen LogP contribution in [0.25, 0.3) is 0 Å². The predicted molar refractivity (Wildman–Crippen MR) is 88.0 cm³/mol. The lowest BCUT2D eigenvalue weighted by atomic mass is 9.78. The zero-order valence-electron chi connectivity index (χ0n) is 13.5. The fourth-order valence-corrected chi connectivity index (χ4v) is 3.32. The van der Waals surface area contributed by atoms with E-state index in [-0.39, 0.29) is 23.6 Å². The molecular formula is C18H21N3O2. The number of hydrogen-bond acceptors (Lipinski definition) is 3. The molecule has 5 nitrogen and oxygen atoms in total. The Morgan fingerprint density at radius 1 is 1.26 bits per heavy atom. The highest BCUT2D eigenvalue weighted by Crippen LogP contribution is 2.42. The highest BCUT2D eigenvalue weighted by atomic mass is 16.2. The van der Waals surface area contributed by atoms with Gasteiger partial charge in [-0.15, -0.1) is 0 Å². The summed E-state index contributed by atoms with van der Waals surface area (Å²) in [6.45, 7) is 5.80. The fraction of sp³-hybridized carbons (Fsp3) is 0.389. The summed E-state index contributed by atoms with van der Waals surface area (Å²) in [4.78, 5) is 29.8. The van der Waals surface area contributed by atoms with Crippen LogP contribution in [0.3, 0.4) is 0 Å². The minimum atomic E-state index is -0.390. The molecule has 5 heteroatoms. The van der Waals surface area contributed by atoms with Crippen molar-refractivity contribution in [2.75, 3.05) is 13.1 Å². The average molecular weight is 311 g/mol. The molecule has 0 bridgehead atoms. The van der Waals surface area contributed by atoms with E-state index >= 15 is 0 Å². The third-order valence-electron chi connectivity index (χ3n) is 4.59. The van der Waals surface area contributed by atoms with Crippen LogP contribution in [0.15, 0.2) is 53.6 Å². The van der Waals surface area contributed by atoms with Crippen molar-refractivity contribution in [1.29, 1.82) is 0 Å². The van der Waals surface area contributed by atoms with Crippen LogP contribution in [0.5, 0.6) is 0 Å². The molecule has 0 spiro atoms. The van der Waals surface area contributed by atoms with Gasteiger partial charge in [-0.3, -0.25) is 9.36 Å². The van der Waals surface area contributed by atoms with E-state index in [0.29, 0.717) is 19.0 Å². The van der Waals surface area contributed by atoms with Crippen LogP contribution in [-0.2, 0) is 11.3 Å². The van der Waals surface area contributed by atoms with Gasteiger partial charge in [0.2, 0.25) is 5.91 Å². The number of carbonyl (C=O) groups excluding carboxylic acids is 1. The first-order valence-electron chi connectivity index (χ1n) is 7.81. The fourth-order valence-electron chi connectivity index (χ4n) is 3.32. The predicted octanol–water partition coefficient (Wildman–Crippen LogP) is 1.90. The second-order valence-corrected chi connectivity index (χ2v) is 6.76. The molecule has 1 aliphatic heterocycles. The second kappa shape index (κ2) is 5.99. The van der Waals surface area contributed by atoms with Gasteiger partial charge in [-0.1, -0.05) is 44.2 Å². The van der Waals surface area contributed by atoms with Crippen molar-refractivity contribution in [3.05, 3.63) is 64.8 Å². The maximum atomic E-state index is 12.6. The maximum absolute atomic E-state index is 12.6. The smallest absolute Gasteiger partial charge is 0.340 e. The van der Waals surface area contributed by atoms with Crippen LogP contribution in [0.4, 0.5) is 0 Å². The van der Waals surface area contributed by atoms with Crippen LogP contribution >= 0.6 is 0 Å². The summed E-state index contributed by atoms with van der Waals surface area (Å²) in [5.74, 6) is 0.268. The van der Waals surface area contributed by atoms with Crippen molar-refractivity contribution < 1.29 is 4.79 Å². The largest absolute Gasteiger partial charge is 0.347 e. The number of nitrogens with zero attached hydrogens (tertiary/aromatic N) is 3. The lowest BCUT2D eigenvalue weighted by Crippen LogP contribution is -2.36. The summed E-state index contributed by atoms with van der Waals surface area (Å²) >= 11 is 0. The highest BCUT2D eigenvalue weighted by molar-refractivity contribution is 5.76. The zero-order chi connectivity index (χ0) is 16.4. The van der Waals surface area contributed by atoms with E-state index in [1.165, 1.54) is 16.3 Å². The topological polar surface area (TPSA) is 55.2 Å². The number of hydrogen-bond donors (Lipinski definition) is 0. The van der Waals surface area contributed by atoms with E-state index in [9.17, 15) is 9.59 Å². The number of aromatic nitrogens is 2. The van der Waals surface area contributed by atoms with E-state index in [0.717, 1.165) is 0 Å². The summed E-state index contributed by atoms with van der Waals surface area (Å²) in [5.41, 5.74) is 0.877. The van der Waals surface area contributed by atoms with Crippen LogP contribution in [-0.4, -0.2) is 33.4 Å². The molecule has 0 radical (unpaired) electrons. The Morgan fingerprint density at radius 2 is 2.00 bits per heavy atom. The highest BCUT2D eigenvalue weighted by Gasteiger charge is 2.41. The zero-order valence-corrected chi connectivity index (χ0v) is 13.5. The molecule has 2 heterocycles. The summed E-state index contributed by atoms with van der Waals surface area (Å²) in [5, 5.41) is 0. The Morgan fingerprint density at radius 3 is 2.70 bits per heavy atom. The molecule has 1 atom stereocenters. The molecule has 120 valence electrons. The standard InChI is InChI=1S/C18H21N3O2/c1-18(2)13-21(11-15(18)14-7-4-3-5-8-14)16(22)12-20-10-6-9-19-17(20)23/h3-10,15H,11-13H2,1-2H3/t15-/m1/s1. The van der Waals surface area contributed by atoms with Crippen molar-refractivity contribution in [3.63, 3.8) is 0 Å². The molecule has 23 heavy (non-hydrogen) atoms. The van der Waals surface area contributed by atoms with E-state index in [1.54, 1.807) is 12.3 Å². The normalized spacial score (nSPS) is 19.7. The summed E-state index contributed by atoms with van der Waals surface area (Å²) in [6.07, 6.45) is 3.04. The quantitative estimate of drug-likeness (QED) is 0.870. The molecule has 0 saturated carbocycles. The molecule has 0 aliphatic carbocycles. The maximum Gasteiger partial charge on any atom is 0.347 e. The first kappa shape index (κ1) is 15.5. The molecule has 1 aromatic heterocycles. The molecule has 1 saturated heterocycles. The lowest BCUT2D eigenvalue weighted by molar-refractivity contribution is -0.131. The molecule has 1 amide bonds. The summed E-state index contributed by atoms with van der Waals surface area (Å²) in [6, 6.07) is 12.0. The molecule has 1 aromatic carbocycles. The number of likely N-dealkylation sites (tertiary alicyclic amines) is 1. The van der Waals surface area contributed by atoms with Gasteiger partial charge < -0.3 is 4.90 Å². The van der Waals surface area contributed by atoms with Crippen molar-refractivity contribution in [1.82, 2.24) is 14.5 Å². The minimum Gasteiger partial charge on any atom is -0.340 e. The van der Waals surface area contributed by atoms with Gasteiger partial charge in [0.05, 0.1) is 0 Å². The Kier molecular flexibility index (Phi) is 4.03. The Balaban J connectivity index is 1.76. The van der Waals surface area contributed by atoms with Crippen LogP contribution in [0, 0.1) is 5.41 Å². The lowest BCUT2D eigenvalue weighted by Gasteiger charge is -2.25. The van der Waals surface area contributed by atoms with Gasteiger partial charge in [-0.05, 0) is 17.0 Å². The second-order valence-electron chi connectivity index (χ2n) is 6.76. The molecule has 2 aromatic rings. The number of rotatable bonds is 3. The average Bonchev–Trinajstić information content (AvgIpc) is 2.86. The van der Waals surface area contributed by atoms with Crippen molar-refractivity contribution >= 4 is 5.91 Å². The van der Waals surface area contributed by atoms with Gasteiger partial charge in [0.15, 0.2) is 0 Å². The SMILES string of the molecule is CC1(C)CN(C(=O)Cn2cccnc2=O)C[C@@H]1c1ccccc1. The van der Waals surface area contributed by atoms with E-state index < -0.39 is 0 Å². The van der Waals surface area contributed by atoms with Crippen LogP contribution in [0.1, 0.15) is 25.3 Å². The Bertz CT molecular complexity index is 752. The van der Waals surface area contributed by atoms with E-state index in [2.05, 4.69) is 31.0 Å². The molecule has 1 aliphatic rings. The monoisotopic (exact) mass is 311 g/mol. The first-order valence-corrected chi connectivity index (χ1v) is 7.81. The van der Waals surface area contributed by atoms with Gasteiger partial charge in [-0.2, -0.15) is 0 Å². The Hall–Kier alpha value is -2.43. The van der Waals surface area contributed by atoms with Crippen molar-refractivity contribution in [2.45, 2.75) is 26.3 Å². The third-order valence-corrected chi connectivity index (χ3v) is 4.59. The first-order chi connectivity index (χ1) is 11.0. The Labute approximate surface area is 135 Å². The minimum absolute atomic E-state index is 0.0108. The number of benzene rings is 1. The number of carbonyl (C=O) groups is 1. The third kappa shape index (κ3) is 3.18. The molecule has 0 N–H and O–H groups in total. The molecule has 1 fully saturated rings. The van der Waals surface area contributed by atoms with E-state index in [1.807, 2.05) is 23.1 Å². The van der Waals surface area contributed by atoms with Crippen molar-refractivity contribution in [2.24, 2.45) is 5.41 Å². The van der Waals surface area contributed by atoms with Gasteiger partial charge >= 0.3 is 5.69 Å². The van der Waals surface area contributed by atoms with Gasteiger partial charge in [0.1, 0.15) is 6.54 Å².